The van der Waals surface area contributed by atoms with Gasteiger partial charge in [0.05, 0.1) is 6.61 Å². The minimum absolute atomic E-state index is 0.0980. The molecule has 2 rings (SSSR count). The van der Waals surface area contributed by atoms with Gasteiger partial charge in [0.1, 0.15) is 12.4 Å². The fourth-order valence-corrected chi connectivity index (χ4v) is 1.97. The number of aromatic nitrogens is 1. The Kier molecular flexibility index (Phi) is 4.37. The third kappa shape index (κ3) is 2.97. The number of methoxy groups -OCH3 is 1. The van der Waals surface area contributed by atoms with Gasteiger partial charge in [-0.05, 0) is 17.5 Å². The van der Waals surface area contributed by atoms with Crippen LogP contribution < -0.4 is 16.6 Å². The molecule has 6 heteroatoms. The molecule has 1 aromatic heterocycles. The fraction of sp³-hybridized carbons (Fsp3) is 0.286. The molecule has 106 valence electrons. The molecular weight excluding hydrogens is 258 g/mol. The van der Waals surface area contributed by atoms with Crippen LogP contribution in [0.2, 0.25) is 0 Å². The highest BCUT2D eigenvalue weighted by molar-refractivity contribution is 5.84. The smallest absolute Gasteiger partial charge is 0.260 e. The van der Waals surface area contributed by atoms with E-state index in [0.29, 0.717) is 18.5 Å². The number of nitrogens with one attached hydrogen (secondary N) is 1. The Morgan fingerprint density at radius 2 is 2.15 bits per heavy atom. The number of carbonyl (C=O) groups excluding carboxylic acids is 1. The van der Waals surface area contributed by atoms with Gasteiger partial charge in [-0.3, -0.25) is 14.2 Å². The Balaban J connectivity index is 2.26. The molecule has 0 aliphatic rings. The predicted octanol–water partition coefficient (Wildman–Crippen LogP) is 0.346. The minimum Gasteiger partial charge on any atom is -0.385 e. The number of anilines is 1. The Hall–Kier alpha value is -2.34. The SMILES string of the molecule is COCCNC(=O)Cn1c(N)cc2ccccc2c1=O. The second kappa shape index (κ2) is 6.21. The topological polar surface area (TPSA) is 86.3 Å². The van der Waals surface area contributed by atoms with Crippen LogP contribution in [0.25, 0.3) is 10.8 Å². The van der Waals surface area contributed by atoms with Crippen molar-refractivity contribution in [2.75, 3.05) is 26.0 Å². The number of ether oxygens (including phenoxy) is 1. The van der Waals surface area contributed by atoms with Crippen LogP contribution in [0.5, 0.6) is 0 Å². The first-order valence-electron chi connectivity index (χ1n) is 6.27. The number of pyridine rings is 1. The first-order valence-corrected chi connectivity index (χ1v) is 6.27. The summed E-state index contributed by atoms with van der Waals surface area (Å²) >= 11 is 0. The second-order valence-corrected chi connectivity index (χ2v) is 4.39. The van der Waals surface area contributed by atoms with Gasteiger partial charge in [0.2, 0.25) is 5.91 Å². The number of hydrogen-bond acceptors (Lipinski definition) is 4. The van der Waals surface area contributed by atoms with Gasteiger partial charge in [-0.15, -0.1) is 0 Å². The van der Waals surface area contributed by atoms with E-state index in [-0.39, 0.29) is 23.8 Å². The number of rotatable bonds is 5. The quantitative estimate of drug-likeness (QED) is 0.771. The van der Waals surface area contributed by atoms with Crippen LogP contribution in [0.4, 0.5) is 5.82 Å². The highest BCUT2D eigenvalue weighted by atomic mass is 16.5. The molecule has 0 aliphatic carbocycles. The van der Waals surface area contributed by atoms with Crippen LogP contribution in [0.15, 0.2) is 35.1 Å². The number of carbonyl (C=O) groups is 1. The van der Waals surface area contributed by atoms with Crippen molar-refractivity contribution in [2.24, 2.45) is 0 Å². The van der Waals surface area contributed by atoms with Gasteiger partial charge < -0.3 is 15.8 Å². The van der Waals surface area contributed by atoms with E-state index in [1.807, 2.05) is 12.1 Å². The fourth-order valence-electron chi connectivity index (χ4n) is 1.97. The summed E-state index contributed by atoms with van der Waals surface area (Å²) in [5, 5.41) is 3.97. The van der Waals surface area contributed by atoms with Crippen LogP contribution in [0.1, 0.15) is 0 Å². The molecular formula is C14H17N3O3. The molecule has 0 bridgehead atoms. The Morgan fingerprint density at radius 3 is 2.90 bits per heavy atom. The van der Waals surface area contributed by atoms with Crippen molar-refractivity contribution in [1.82, 2.24) is 9.88 Å². The molecule has 0 aliphatic heterocycles. The van der Waals surface area contributed by atoms with Crippen molar-refractivity contribution in [3.05, 3.63) is 40.7 Å². The van der Waals surface area contributed by atoms with E-state index >= 15 is 0 Å². The van der Waals surface area contributed by atoms with Crippen LogP contribution in [-0.4, -0.2) is 30.7 Å². The Morgan fingerprint density at radius 1 is 1.40 bits per heavy atom. The summed E-state index contributed by atoms with van der Waals surface area (Å²) in [6.45, 7) is 0.727. The van der Waals surface area contributed by atoms with Gasteiger partial charge in [-0.2, -0.15) is 0 Å². The van der Waals surface area contributed by atoms with E-state index in [1.54, 1.807) is 25.3 Å². The number of benzene rings is 1. The maximum atomic E-state index is 12.3. The maximum absolute atomic E-state index is 12.3. The lowest BCUT2D eigenvalue weighted by Gasteiger charge is -2.11. The number of nitrogen functional groups attached to an aromatic ring is 1. The third-order valence-corrected chi connectivity index (χ3v) is 2.98. The molecule has 1 aromatic carbocycles. The Bertz CT molecular complexity index is 679. The summed E-state index contributed by atoms with van der Waals surface area (Å²) in [6.07, 6.45) is 0. The predicted molar refractivity (Wildman–Crippen MR) is 77.5 cm³/mol. The number of nitrogens with two attached hydrogens (primary N) is 1. The summed E-state index contributed by atoms with van der Waals surface area (Å²) in [7, 11) is 1.55. The van der Waals surface area contributed by atoms with E-state index in [9.17, 15) is 9.59 Å². The number of fused-ring (bicyclic) bond motifs is 1. The first kappa shape index (κ1) is 14.1. The number of amides is 1. The van der Waals surface area contributed by atoms with Crippen molar-refractivity contribution in [3.8, 4) is 0 Å². The molecule has 1 heterocycles. The molecule has 1 amide bonds. The second-order valence-electron chi connectivity index (χ2n) is 4.39. The van der Waals surface area contributed by atoms with E-state index < -0.39 is 0 Å². The summed E-state index contributed by atoms with van der Waals surface area (Å²) < 4.78 is 6.11. The van der Waals surface area contributed by atoms with Crippen molar-refractivity contribution >= 4 is 22.5 Å². The van der Waals surface area contributed by atoms with E-state index in [2.05, 4.69) is 5.32 Å². The molecule has 20 heavy (non-hydrogen) atoms. The Labute approximate surface area is 116 Å². The van der Waals surface area contributed by atoms with Gasteiger partial charge in [-0.1, -0.05) is 18.2 Å². The third-order valence-electron chi connectivity index (χ3n) is 2.98. The molecule has 0 unspecified atom stereocenters. The number of nitrogens with zero attached hydrogens (tertiary/aromatic N) is 1. The van der Waals surface area contributed by atoms with E-state index in [4.69, 9.17) is 10.5 Å². The molecule has 0 fully saturated rings. The largest absolute Gasteiger partial charge is 0.385 e. The van der Waals surface area contributed by atoms with Crippen molar-refractivity contribution in [3.63, 3.8) is 0 Å². The van der Waals surface area contributed by atoms with Gasteiger partial charge in [0.15, 0.2) is 0 Å². The van der Waals surface area contributed by atoms with Crippen molar-refractivity contribution in [1.29, 1.82) is 0 Å². The monoisotopic (exact) mass is 275 g/mol. The summed E-state index contributed by atoms with van der Waals surface area (Å²) in [5.41, 5.74) is 5.59. The zero-order valence-electron chi connectivity index (χ0n) is 11.3. The molecule has 0 saturated carbocycles. The minimum atomic E-state index is -0.272. The molecule has 0 spiro atoms. The van der Waals surface area contributed by atoms with Crippen LogP contribution in [-0.2, 0) is 16.1 Å². The van der Waals surface area contributed by atoms with Crippen LogP contribution in [0.3, 0.4) is 0 Å². The zero-order chi connectivity index (χ0) is 14.5. The van der Waals surface area contributed by atoms with Gasteiger partial charge in [0.25, 0.3) is 5.56 Å². The summed E-state index contributed by atoms with van der Waals surface area (Å²) in [4.78, 5) is 24.0. The molecule has 2 aromatic rings. The average Bonchev–Trinajstić information content (AvgIpc) is 2.44. The highest BCUT2D eigenvalue weighted by Gasteiger charge is 2.10. The maximum Gasteiger partial charge on any atom is 0.260 e. The molecule has 6 nitrogen and oxygen atoms in total. The first-order chi connectivity index (χ1) is 9.63. The van der Waals surface area contributed by atoms with Gasteiger partial charge in [-0.25, -0.2) is 0 Å². The lowest BCUT2D eigenvalue weighted by molar-refractivity contribution is -0.121. The van der Waals surface area contributed by atoms with Crippen molar-refractivity contribution in [2.45, 2.75) is 6.54 Å². The molecule has 0 atom stereocenters. The summed E-state index contributed by atoms with van der Waals surface area (Å²) in [5.74, 6) is 0.00160. The molecule has 3 N–H and O–H groups in total. The van der Waals surface area contributed by atoms with E-state index in [1.165, 1.54) is 4.57 Å². The zero-order valence-corrected chi connectivity index (χ0v) is 11.3. The molecule has 0 saturated heterocycles. The van der Waals surface area contributed by atoms with Crippen LogP contribution >= 0.6 is 0 Å². The average molecular weight is 275 g/mol. The molecule has 0 radical (unpaired) electrons. The normalized spacial score (nSPS) is 10.7. The van der Waals surface area contributed by atoms with Crippen molar-refractivity contribution < 1.29 is 9.53 Å². The van der Waals surface area contributed by atoms with Gasteiger partial charge in [0, 0.05) is 19.0 Å². The highest BCUT2D eigenvalue weighted by Crippen LogP contribution is 2.12. The lowest BCUT2D eigenvalue weighted by Crippen LogP contribution is -2.34. The number of hydrogen-bond donors (Lipinski definition) is 2. The lowest BCUT2D eigenvalue weighted by atomic mass is 10.1. The summed E-state index contributed by atoms with van der Waals surface area (Å²) in [6, 6.07) is 8.84. The standard InChI is InChI=1S/C14H17N3O3/c1-20-7-6-16-13(18)9-17-12(15)8-10-4-2-3-5-11(10)14(17)19/h2-5,8H,6-7,9,15H2,1H3,(H,16,18). The van der Waals surface area contributed by atoms with Gasteiger partial charge >= 0.3 is 0 Å². The van der Waals surface area contributed by atoms with E-state index in [0.717, 1.165) is 5.39 Å². The van der Waals surface area contributed by atoms with Crippen LogP contribution in [0, 0.1) is 0 Å².